The number of aromatic nitrogens is 5. The van der Waals surface area contributed by atoms with Gasteiger partial charge in [0.25, 0.3) is 5.56 Å². The fourth-order valence-electron chi connectivity index (χ4n) is 2.27. The Balaban J connectivity index is 2.08. The highest BCUT2D eigenvalue weighted by Gasteiger charge is 2.10. The van der Waals surface area contributed by atoms with Gasteiger partial charge in [-0.3, -0.25) is 19.4 Å². The predicted octanol–water partition coefficient (Wildman–Crippen LogP) is 1.21. The van der Waals surface area contributed by atoms with E-state index in [0.717, 1.165) is 11.3 Å². The summed E-state index contributed by atoms with van der Waals surface area (Å²) in [4.78, 5) is 27.4. The molecule has 0 unspecified atom stereocenters. The Morgan fingerprint density at radius 1 is 1.23 bits per heavy atom. The van der Waals surface area contributed by atoms with Crippen molar-refractivity contribution in [1.29, 1.82) is 0 Å². The third-order valence-electron chi connectivity index (χ3n) is 3.17. The highest BCUT2D eigenvalue weighted by Crippen LogP contribution is 2.14. The van der Waals surface area contributed by atoms with E-state index in [1.54, 1.807) is 4.57 Å². The zero-order valence-electron chi connectivity index (χ0n) is 11.7. The van der Waals surface area contributed by atoms with E-state index in [-0.39, 0.29) is 6.42 Å². The third-order valence-corrected chi connectivity index (χ3v) is 3.44. The summed E-state index contributed by atoms with van der Waals surface area (Å²) >= 11 is 5.27. The second-order valence-corrected chi connectivity index (χ2v) is 5.30. The number of aromatic amines is 3. The monoisotopic (exact) mass is 315 g/mol. The number of hydrogen-bond donors (Lipinski definition) is 3. The molecule has 0 aliphatic carbocycles. The zero-order chi connectivity index (χ0) is 15.7. The maximum Gasteiger partial charge on any atom is 0.325 e. The van der Waals surface area contributed by atoms with Gasteiger partial charge in [0.15, 0.2) is 4.77 Å². The highest BCUT2D eigenvalue weighted by molar-refractivity contribution is 7.71. The van der Waals surface area contributed by atoms with E-state index in [0.29, 0.717) is 16.3 Å². The van der Waals surface area contributed by atoms with Crippen molar-refractivity contribution >= 4 is 12.2 Å². The molecule has 3 N–H and O–H groups in total. The number of aryl methyl sites for hydroxylation is 1. The Bertz CT molecular complexity index is 967. The van der Waals surface area contributed by atoms with Crippen molar-refractivity contribution in [3.05, 3.63) is 73.0 Å². The molecule has 3 aromatic rings. The molecule has 0 bridgehead atoms. The average Bonchev–Trinajstić information content (AvgIpc) is 2.78. The molecule has 0 aliphatic heterocycles. The molecule has 8 heteroatoms. The summed E-state index contributed by atoms with van der Waals surface area (Å²) in [6.07, 6.45) is 0.278. The van der Waals surface area contributed by atoms with Crippen LogP contribution in [0.4, 0.5) is 0 Å². The van der Waals surface area contributed by atoms with Crippen molar-refractivity contribution in [3.8, 4) is 5.69 Å². The van der Waals surface area contributed by atoms with Crippen LogP contribution in [0.15, 0.2) is 39.9 Å². The first-order valence-corrected chi connectivity index (χ1v) is 6.99. The molecule has 2 heterocycles. The maximum atomic E-state index is 11.4. The molecule has 112 valence electrons. The van der Waals surface area contributed by atoms with Crippen LogP contribution in [0.5, 0.6) is 0 Å². The maximum absolute atomic E-state index is 11.4. The minimum atomic E-state index is -0.543. The lowest BCUT2D eigenvalue weighted by Crippen LogP contribution is -2.23. The van der Waals surface area contributed by atoms with E-state index in [1.165, 1.54) is 6.07 Å². The largest absolute Gasteiger partial charge is 0.325 e. The van der Waals surface area contributed by atoms with Gasteiger partial charge in [0.05, 0.1) is 0 Å². The van der Waals surface area contributed by atoms with Gasteiger partial charge in [0, 0.05) is 23.9 Å². The second-order valence-electron chi connectivity index (χ2n) is 4.91. The lowest BCUT2D eigenvalue weighted by molar-refractivity contribution is 0.859. The van der Waals surface area contributed by atoms with Crippen molar-refractivity contribution < 1.29 is 0 Å². The Hall–Kier alpha value is -2.74. The van der Waals surface area contributed by atoms with Crippen LogP contribution in [0, 0.1) is 11.7 Å². The van der Waals surface area contributed by atoms with E-state index < -0.39 is 11.2 Å². The summed E-state index contributed by atoms with van der Waals surface area (Å²) in [5.74, 6) is 0.608. The van der Waals surface area contributed by atoms with E-state index in [9.17, 15) is 9.59 Å². The van der Waals surface area contributed by atoms with Gasteiger partial charge in [-0.2, -0.15) is 5.10 Å². The Labute approximate surface area is 129 Å². The number of hydrogen-bond acceptors (Lipinski definition) is 4. The molecule has 22 heavy (non-hydrogen) atoms. The van der Waals surface area contributed by atoms with Crippen LogP contribution in [0.1, 0.15) is 17.1 Å². The van der Waals surface area contributed by atoms with E-state index in [1.807, 2.05) is 31.2 Å². The van der Waals surface area contributed by atoms with E-state index >= 15 is 0 Å². The number of rotatable bonds is 3. The molecule has 3 rings (SSSR count). The van der Waals surface area contributed by atoms with Crippen LogP contribution in [0.2, 0.25) is 0 Å². The smallest absolute Gasteiger partial charge is 0.311 e. The van der Waals surface area contributed by atoms with Gasteiger partial charge in [-0.25, -0.2) is 4.79 Å². The standard InChI is InChI=1S/C14H13N5O2S/c1-8-3-2-4-10(5-8)19-11(17-18-14(19)22)6-9-7-12(20)16-13(21)15-9/h2-5,7H,6H2,1H3,(H,18,22)(H2,15,16,20,21). The van der Waals surface area contributed by atoms with Crippen LogP contribution < -0.4 is 11.2 Å². The van der Waals surface area contributed by atoms with Crippen LogP contribution in [-0.4, -0.2) is 24.7 Å². The fourth-order valence-corrected chi connectivity index (χ4v) is 2.52. The Kier molecular flexibility index (Phi) is 3.60. The van der Waals surface area contributed by atoms with Crippen LogP contribution in [0.25, 0.3) is 5.69 Å². The molecule has 0 fully saturated rings. The summed E-state index contributed by atoms with van der Waals surface area (Å²) < 4.78 is 2.23. The summed E-state index contributed by atoms with van der Waals surface area (Å²) in [7, 11) is 0. The second kappa shape index (κ2) is 5.57. The highest BCUT2D eigenvalue weighted by atomic mass is 32.1. The first-order valence-electron chi connectivity index (χ1n) is 6.59. The average molecular weight is 315 g/mol. The van der Waals surface area contributed by atoms with Crippen molar-refractivity contribution in [2.45, 2.75) is 13.3 Å². The number of benzene rings is 1. The molecule has 0 saturated carbocycles. The summed E-state index contributed by atoms with van der Waals surface area (Å²) in [5, 5.41) is 6.93. The van der Waals surface area contributed by atoms with Crippen LogP contribution >= 0.6 is 12.2 Å². The van der Waals surface area contributed by atoms with Crippen LogP contribution in [0.3, 0.4) is 0 Å². The minimum Gasteiger partial charge on any atom is -0.311 e. The Morgan fingerprint density at radius 2 is 2.05 bits per heavy atom. The number of nitrogens with zero attached hydrogens (tertiary/aromatic N) is 2. The molecule has 0 atom stereocenters. The normalized spacial score (nSPS) is 10.8. The first kappa shape index (κ1) is 14.2. The van der Waals surface area contributed by atoms with Gasteiger partial charge in [-0.15, -0.1) is 0 Å². The number of nitrogens with one attached hydrogen (secondary N) is 3. The molecular weight excluding hydrogens is 302 g/mol. The van der Waals surface area contributed by atoms with Crippen LogP contribution in [-0.2, 0) is 6.42 Å². The van der Waals surface area contributed by atoms with Gasteiger partial charge in [-0.05, 0) is 36.8 Å². The van der Waals surface area contributed by atoms with Gasteiger partial charge in [0.2, 0.25) is 0 Å². The summed E-state index contributed by atoms with van der Waals surface area (Å²) in [5.41, 5.74) is 1.45. The van der Waals surface area contributed by atoms with Gasteiger partial charge in [-0.1, -0.05) is 12.1 Å². The topological polar surface area (TPSA) is 99.3 Å². The fraction of sp³-hybridized carbons (Fsp3) is 0.143. The lowest BCUT2D eigenvalue weighted by Gasteiger charge is -2.07. The van der Waals surface area contributed by atoms with Crippen molar-refractivity contribution in [2.75, 3.05) is 0 Å². The summed E-state index contributed by atoms with van der Waals surface area (Å²) in [6, 6.07) is 9.15. The summed E-state index contributed by atoms with van der Waals surface area (Å²) in [6.45, 7) is 1.99. The van der Waals surface area contributed by atoms with Gasteiger partial charge in [0.1, 0.15) is 5.82 Å². The molecule has 0 saturated heterocycles. The molecule has 0 spiro atoms. The lowest BCUT2D eigenvalue weighted by atomic mass is 10.2. The molecular formula is C14H13N5O2S. The quantitative estimate of drug-likeness (QED) is 0.632. The molecule has 0 aliphatic rings. The Morgan fingerprint density at radius 3 is 2.77 bits per heavy atom. The molecule has 0 amide bonds. The van der Waals surface area contributed by atoms with Crippen molar-refractivity contribution in [3.63, 3.8) is 0 Å². The molecule has 0 radical (unpaired) electrons. The van der Waals surface area contributed by atoms with Crippen molar-refractivity contribution in [2.24, 2.45) is 0 Å². The number of H-pyrrole nitrogens is 3. The molecule has 2 aromatic heterocycles. The zero-order valence-corrected chi connectivity index (χ0v) is 12.5. The van der Waals surface area contributed by atoms with Crippen molar-refractivity contribution in [1.82, 2.24) is 24.7 Å². The van der Waals surface area contributed by atoms with Gasteiger partial charge < -0.3 is 4.98 Å². The SMILES string of the molecule is Cc1cccc(-n2c(Cc3cc(=O)[nH]c(=O)[nH]3)n[nH]c2=S)c1. The van der Waals surface area contributed by atoms with E-state index in [4.69, 9.17) is 12.2 Å². The van der Waals surface area contributed by atoms with E-state index in [2.05, 4.69) is 20.2 Å². The van der Waals surface area contributed by atoms with Gasteiger partial charge >= 0.3 is 5.69 Å². The minimum absolute atomic E-state index is 0.278. The molecule has 1 aromatic carbocycles. The molecule has 7 nitrogen and oxygen atoms in total. The third kappa shape index (κ3) is 2.82. The first-order chi connectivity index (χ1) is 10.5. The predicted molar refractivity (Wildman–Crippen MR) is 84.0 cm³/mol.